The first-order valence-corrected chi connectivity index (χ1v) is 10.4. The standard InChI is InChI=1S/C23H24ClNO5/c1-28-16-8-9-20-17(13-16)19(26)14-23(30-20)10-11-25(15-23)22(27)7-4-12-29-21-6-3-2-5-18(21)24/h2-3,5-6,8-9,13H,4,7,10-12,14-15H2,1H3. The Labute approximate surface area is 180 Å². The van der Waals surface area contributed by atoms with Gasteiger partial charge in [-0.1, -0.05) is 23.7 Å². The van der Waals surface area contributed by atoms with Crippen molar-refractivity contribution in [1.29, 1.82) is 0 Å². The summed E-state index contributed by atoms with van der Waals surface area (Å²) in [5.41, 5.74) is -0.0935. The van der Waals surface area contributed by atoms with Gasteiger partial charge in [-0.2, -0.15) is 0 Å². The van der Waals surface area contributed by atoms with Gasteiger partial charge >= 0.3 is 0 Å². The Balaban J connectivity index is 1.31. The Hall–Kier alpha value is -2.73. The van der Waals surface area contributed by atoms with Crippen LogP contribution in [-0.4, -0.2) is 49.0 Å². The summed E-state index contributed by atoms with van der Waals surface area (Å²) < 4.78 is 17.1. The second kappa shape index (κ2) is 8.56. The van der Waals surface area contributed by atoms with Gasteiger partial charge in [0.05, 0.1) is 37.3 Å². The van der Waals surface area contributed by atoms with Crippen molar-refractivity contribution in [2.24, 2.45) is 0 Å². The molecule has 2 aliphatic heterocycles. The monoisotopic (exact) mass is 429 g/mol. The molecule has 0 aliphatic carbocycles. The van der Waals surface area contributed by atoms with Gasteiger partial charge in [-0.05, 0) is 36.8 Å². The first kappa shape index (κ1) is 20.5. The van der Waals surface area contributed by atoms with E-state index >= 15 is 0 Å². The van der Waals surface area contributed by atoms with Crippen molar-refractivity contribution in [3.63, 3.8) is 0 Å². The van der Waals surface area contributed by atoms with Gasteiger partial charge in [-0.15, -0.1) is 0 Å². The van der Waals surface area contributed by atoms with E-state index < -0.39 is 5.60 Å². The van der Waals surface area contributed by atoms with Crippen LogP contribution in [-0.2, 0) is 4.79 Å². The van der Waals surface area contributed by atoms with E-state index in [1.807, 2.05) is 12.1 Å². The van der Waals surface area contributed by atoms with Gasteiger partial charge in [-0.25, -0.2) is 0 Å². The van der Waals surface area contributed by atoms with Crippen LogP contribution in [0.3, 0.4) is 0 Å². The van der Waals surface area contributed by atoms with Crippen molar-refractivity contribution < 1.29 is 23.8 Å². The first-order chi connectivity index (χ1) is 14.5. The molecule has 1 unspecified atom stereocenters. The molecule has 1 saturated heterocycles. The first-order valence-electron chi connectivity index (χ1n) is 10.0. The van der Waals surface area contributed by atoms with Crippen molar-refractivity contribution in [3.05, 3.63) is 53.1 Å². The number of fused-ring (bicyclic) bond motifs is 1. The summed E-state index contributed by atoms with van der Waals surface area (Å²) in [6, 6.07) is 12.5. The number of ketones is 1. The van der Waals surface area contributed by atoms with Gasteiger partial charge < -0.3 is 19.1 Å². The smallest absolute Gasteiger partial charge is 0.222 e. The van der Waals surface area contributed by atoms with E-state index in [9.17, 15) is 9.59 Å². The average Bonchev–Trinajstić information content (AvgIpc) is 3.15. The average molecular weight is 430 g/mol. The quantitative estimate of drug-likeness (QED) is 0.645. The molecule has 1 atom stereocenters. The summed E-state index contributed by atoms with van der Waals surface area (Å²) in [5, 5.41) is 0.558. The fraction of sp³-hybridized carbons (Fsp3) is 0.391. The third-order valence-electron chi connectivity index (χ3n) is 5.59. The van der Waals surface area contributed by atoms with E-state index in [0.29, 0.717) is 66.8 Å². The number of halogens is 1. The number of benzene rings is 2. The third-order valence-corrected chi connectivity index (χ3v) is 5.91. The molecule has 158 valence electrons. The van der Waals surface area contributed by atoms with Crippen molar-refractivity contribution in [3.8, 4) is 17.2 Å². The summed E-state index contributed by atoms with van der Waals surface area (Å²) in [4.78, 5) is 27.1. The summed E-state index contributed by atoms with van der Waals surface area (Å²) in [6.45, 7) is 1.43. The van der Waals surface area contributed by atoms with Crippen molar-refractivity contribution >= 4 is 23.3 Å². The molecular weight excluding hydrogens is 406 g/mol. The van der Waals surface area contributed by atoms with Gasteiger partial charge in [0.2, 0.25) is 5.91 Å². The topological polar surface area (TPSA) is 65.1 Å². The zero-order valence-corrected chi connectivity index (χ0v) is 17.6. The molecule has 1 spiro atoms. The largest absolute Gasteiger partial charge is 0.497 e. The number of hydrogen-bond donors (Lipinski definition) is 0. The fourth-order valence-corrected chi connectivity index (χ4v) is 4.20. The minimum absolute atomic E-state index is 0.0255. The molecule has 2 aromatic carbocycles. The number of amides is 1. The third kappa shape index (κ3) is 4.24. The van der Waals surface area contributed by atoms with Crippen LogP contribution in [0.25, 0.3) is 0 Å². The summed E-state index contributed by atoms with van der Waals surface area (Å²) in [5.74, 6) is 1.89. The maximum Gasteiger partial charge on any atom is 0.222 e. The van der Waals surface area contributed by atoms with Crippen LogP contribution >= 0.6 is 11.6 Å². The minimum Gasteiger partial charge on any atom is -0.497 e. The normalized spacial score (nSPS) is 20.1. The summed E-state index contributed by atoms with van der Waals surface area (Å²) >= 11 is 6.07. The number of Topliss-reactive ketones (excluding diaryl/α,β-unsaturated/α-hetero) is 1. The molecule has 0 bridgehead atoms. The second-order valence-electron chi connectivity index (χ2n) is 7.69. The number of hydrogen-bond acceptors (Lipinski definition) is 5. The minimum atomic E-state index is -0.637. The van der Waals surface area contributed by atoms with E-state index in [-0.39, 0.29) is 18.1 Å². The van der Waals surface area contributed by atoms with E-state index in [1.165, 1.54) is 0 Å². The number of carbonyl (C=O) groups is 2. The molecule has 0 radical (unpaired) electrons. The zero-order chi connectivity index (χ0) is 21.1. The highest BCUT2D eigenvalue weighted by Crippen LogP contribution is 2.40. The fourth-order valence-electron chi connectivity index (χ4n) is 4.01. The highest BCUT2D eigenvalue weighted by Gasteiger charge is 2.46. The Morgan fingerprint density at radius 1 is 1.27 bits per heavy atom. The zero-order valence-electron chi connectivity index (χ0n) is 16.9. The lowest BCUT2D eigenvalue weighted by Gasteiger charge is -2.34. The Kier molecular flexibility index (Phi) is 5.86. The number of nitrogens with zero attached hydrogens (tertiary/aromatic N) is 1. The molecule has 6 nitrogen and oxygen atoms in total. The van der Waals surface area contributed by atoms with Crippen LogP contribution in [0.4, 0.5) is 0 Å². The van der Waals surface area contributed by atoms with Gasteiger partial charge in [0.15, 0.2) is 5.78 Å². The van der Waals surface area contributed by atoms with Crippen LogP contribution < -0.4 is 14.2 Å². The van der Waals surface area contributed by atoms with Crippen LogP contribution in [0.1, 0.15) is 36.0 Å². The predicted octanol–water partition coefficient (Wildman–Crippen LogP) is 4.14. The van der Waals surface area contributed by atoms with Crippen molar-refractivity contribution in [2.45, 2.75) is 31.3 Å². The van der Waals surface area contributed by atoms with Gasteiger partial charge in [0.1, 0.15) is 22.8 Å². The van der Waals surface area contributed by atoms with E-state index in [2.05, 4.69) is 0 Å². The molecule has 1 amide bonds. The molecule has 7 heteroatoms. The Morgan fingerprint density at radius 3 is 2.90 bits per heavy atom. The Morgan fingerprint density at radius 2 is 2.10 bits per heavy atom. The van der Waals surface area contributed by atoms with E-state index in [0.717, 1.165) is 0 Å². The molecular formula is C23H24ClNO5. The maximum absolute atomic E-state index is 12.7. The molecule has 2 aliphatic rings. The molecule has 4 rings (SSSR count). The molecule has 1 fully saturated rings. The van der Waals surface area contributed by atoms with E-state index in [1.54, 1.807) is 42.3 Å². The number of carbonyl (C=O) groups excluding carboxylic acids is 2. The number of rotatable bonds is 6. The number of methoxy groups -OCH3 is 1. The van der Waals surface area contributed by atoms with Crippen molar-refractivity contribution in [1.82, 2.24) is 4.90 Å². The molecule has 2 heterocycles. The van der Waals surface area contributed by atoms with Crippen LogP contribution in [0.5, 0.6) is 17.2 Å². The number of likely N-dealkylation sites (tertiary alicyclic amines) is 1. The van der Waals surface area contributed by atoms with Gasteiger partial charge in [-0.3, -0.25) is 9.59 Å². The van der Waals surface area contributed by atoms with Crippen molar-refractivity contribution in [2.75, 3.05) is 26.8 Å². The molecule has 2 aromatic rings. The molecule has 0 N–H and O–H groups in total. The second-order valence-corrected chi connectivity index (χ2v) is 8.10. The molecule has 30 heavy (non-hydrogen) atoms. The number of ether oxygens (including phenoxy) is 3. The number of para-hydroxylation sites is 1. The predicted molar refractivity (Wildman–Crippen MR) is 113 cm³/mol. The molecule has 0 saturated carbocycles. The highest BCUT2D eigenvalue weighted by atomic mass is 35.5. The maximum atomic E-state index is 12.7. The lowest BCUT2D eigenvalue weighted by molar-refractivity contribution is -0.131. The SMILES string of the molecule is COc1ccc2c(c1)C(=O)CC1(CCN(C(=O)CCCOc3ccccc3Cl)C1)O2. The highest BCUT2D eigenvalue weighted by molar-refractivity contribution is 6.32. The Bertz CT molecular complexity index is 962. The van der Waals surface area contributed by atoms with E-state index in [4.69, 9.17) is 25.8 Å². The van der Waals surface area contributed by atoms with Crippen LogP contribution in [0, 0.1) is 0 Å². The lowest BCUT2D eigenvalue weighted by atomic mass is 9.89. The van der Waals surface area contributed by atoms with Gasteiger partial charge in [0, 0.05) is 19.4 Å². The lowest BCUT2D eigenvalue weighted by Crippen LogP contribution is -2.45. The van der Waals surface area contributed by atoms with Crippen LogP contribution in [0.2, 0.25) is 5.02 Å². The van der Waals surface area contributed by atoms with Gasteiger partial charge in [0.25, 0.3) is 0 Å². The van der Waals surface area contributed by atoms with Crippen LogP contribution in [0.15, 0.2) is 42.5 Å². The molecule has 0 aromatic heterocycles. The summed E-state index contributed by atoms with van der Waals surface area (Å²) in [7, 11) is 1.57. The summed E-state index contributed by atoms with van der Waals surface area (Å²) in [6.07, 6.45) is 1.89.